The Morgan fingerprint density at radius 2 is 2.08 bits per heavy atom. The minimum absolute atomic E-state index is 0.732. The lowest BCUT2D eigenvalue weighted by Crippen LogP contribution is -2.46. The number of nitrogens with zero attached hydrogens (tertiary/aromatic N) is 5. The summed E-state index contributed by atoms with van der Waals surface area (Å²) in [5.74, 6) is 2.60. The summed E-state index contributed by atoms with van der Waals surface area (Å²) >= 11 is 1.65. The van der Waals surface area contributed by atoms with Crippen LogP contribution >= 0.6 is 11.3 Å². The summed E-state index contributed by atoms with van der Waals surface area (Å²) in [5.41, 5.74) is 1.03. The lowest BCUT2D eigenvalue weighted by atomic mass is 10.2. The monoisotopic (exact) mass is 341 g/mol. The van der Waals surface area contributed by atoms with Crippen molar-refractivity contribution in [2.75, 3.05) is 31.1 Å². The minimum atomic E-state index is 0.732. The number of hydrogen-bond donors (Lipinski definition) is 0. The summed E-state index contributed by atoms with van der Waals surface area (Å²) in [6.45, 7) is 6.69. The molecule has 124 valence electrons. The van der Waals surface area contributed by atoms with Gasteiger partial charge in [-0.2, -0.15) is 0 Å². The van der Waals surface area contributed by atoms with Gasteiger partial charge in [-0.05, 0) is 18.4 Å². The Kier molecular flexibility index (Phi) is 4.27. The first-order valence-corrected chi connectivity index (χ1v) is 8.91. The molecule has 1 saturated heterocycles. The van der Waals surface area contributed by atoms with E-state index in [0.717, 1.165) is 60.8 Å². The van der Waals surface area contributed by atoms with E-state index in [1.165, 1.54) is 0 Å². The van der Waals surface area contributed by atoms with Crippen molar-refractivity contribution in [2.45, 2.75) is 13.5 Å². The molecule has 0 N–H and O–H groups in total. The van der Waals surface area contributed by atoms with Gasteiger partial charge >= 0.3 is 0 Å². The Labute approximate surface area is 144 Å². The van der Waals surface area contributed by atoms with Gasteiger partial charge in [0, 0.05) is 45.1 Å². The summed E-state index contributed by atoms with van der Waals surface area (Å²) < 4.78 is 5.83. The maximum atomic E-state index is 5.83. The second-order valence-electron chi connectivity index (χ2n) is 5.83. The number of rotatable bonds is 4. The highest BCUT2D eigenvalue weighted by molar-refractivity contribution is 7.13. The van der Waals surface area contributed by atoms with E-state index < -0.39 is 0 Å². The van der Waals surface area contributed by atoms with Crippen LogP contribution in [0.15, 0.2) is 40.5 Å². The topological polar surface area (TPSA) is 58.3 Å². The summed E-state index contributed by atoms with van der Waals surface area (Å²) in [6.07, 6.45) is 5.27. The van der Waals surface area contributed by atoms with Crippen LogP contribution in [-0.4, -0.2) is 46.0 Å². The van der Waals surface area contributed by atoms with Gasteiger partial charge in [0.1, 0.15) is 11.6 Å². The normalized spacial score (nSPS) is 15.8. The van der Waals surface area contributed by atoms with Crippen LogP contribution in [0.25, 0.3) is 10.8 Å². The van der Waals surface area contributed by atoms with Crippen LogP contribution in [0.5, 0.6) is 0 Å². The molecule has 1 aliphatic rings. The third kappa shape index (κ3) is 3.18. The number of hydrogen-bond acceptors (Lipinski definition) is 7. The van der Waals surface area contributed by atoms with Gasteiger partial charge in [-0.1, -0.05) is 6.07 Å². The van der Waals surface area contributed by atoms with Crippen molar-refractivity contribution in [3.8, 4) is 10.8 Å². The third-order valence-electron chi connectivity index (χ3n) is 4.24. The molecule has 6 nitrogen and oxygen atoms in total. The van der Waals surface area contributed by atoms with Crippen molar-refractivity contribution in [3.63, 3.8) is 0 Å². The molecule has 0 unspecified atom stereocenters. The van der Waals surface area contributed by atoms with Gasteiger partial charge in [0.25, 0.3) is 0 Å². The van der Waals surface area contributed by atoms with Crippen LogP contribution in [-0.2, 0) is 6.54 Å². The fourth-order valence-corrected chi connectivity index (χ4v) is 3.53. The molecule has 1 fully saturated rings. The molecule has 0 aromatic carbocycles. The molecule has 1 aliphatic heterocycles. The summed E-state index contributed by atoms with van der Waals surface area (Å²) in [4.78, 5) is 19.0. The van der Waals surface area contributed by atoms with Gasteiger partial charge in [0.15, 0.2) is 0 Å². The Balaban J connectivity index is 1.39. The van der Waals surface area contributed by atoms with E-state index in [2.05, 4.69) is 24.8 Å². The van der Waals surface area contributed by atoms with Gasteiger partial charge in [0.2, 0.25) is 5.89 Å². The maximum Gasteiger partial charge on any atom is 0.236 e. The van der Waals surface area contributed by atoms with E-state index in [0.29, 0.717) is 0 Å². The highest BCUT2D eigenvalue weighted by Crippen LogP contribution is 2.26. The molecule has 7 heteroatoms. The minimum Gasteiger partial charge on any atom is -0.440 e. The molecule has 0 aliphatic carbocycles. The van der Waals surface area contributed by atoms with Crippen molar-refractivity contribution >= 4 is 17.2 Å². The van der Waals surface area contributed by atoms with Gasteiger partial charge in [0.05, 0.1) is 16.8 Å². The summed E-state index contributed by atoms with van der Waals surface area (Å²) in [5, 5.41) is 2.04. The van der Waals surface area contributed by atoms with Crippen LogP contribution in [0.4, 0.5) is 5.82 Å². The van der Waals surface area contributed by atoms with E-state index in [9.17, 15) is 0 Å². The first-order chi connectivity index (χ1) is 11.8. The average molecular weight is 341 g/mol. The molecule has 0 radical (unpaired) electrons. The van der Waals surface area contributed by atoms with Crippen LogP contribution in [0, 0.1) is 6.92 Å². The maximum absolute atomic E-state index is 5.83. The molecule has 3 aromatic rings. The molecular weight excluding hydrogens is 322 g/mol. The standard InChI is InChI=1S/C17H19N5OS/c1-13-14(20-17(23-13)15-3-2-10-24-15)12-21-6-8-22(9-7-21)16-11-18-4-5-19-16/h2-5,10-11H,6-9,12H2,1H3. The van der Waals surface area contributed by atoms with E-state index >= 15 is 0 Å². The predicted molar refractivity (Wildman–Crippen MR) is 94.1 cm³/mol. The second-order valence-corrected chi connectivity index (χ2v) is 6.77. The number of oxazole rings is 1. The Bertz CT molecular complexity index is 779. The molecule has 0 atom stereocenters. The molecule has 0 saturated carbocycles. The average Bonchev–Trinajstić information content (AvgIpc) is 3.27. The number of anilines is 1. The van der Waals surface area contributed by atoms with E-state index in [1.54, 1.807) is 23.7 Å². The number of piperazine rings is 1. The van der Waals surface area contributed by atoms with Crippen molar-refractivity contribution < 1.29 is 4.42 Å². The third-order valence-corrected chi connectivity index (χ3v) is 5.10. The van der Waals surface area contributed by atoms with Crippen LogP contribution in [0.2, 0.25) is 0 Å². The smallest absolute Gasteiger partial charge is 0.236 e. The van der Waals surface area contributed by atoms with Gasteiger partial charge in [-0.3, -0.25) is 9.88 Å². The largest absolute Gasteiger partial charge is 0.440 e. The quantitative estimate of drug-likeness (QED) is 0.727. The molecule has 4 rings (SSSR count). The van der Waals surface area contributed by atoms with Crippen molar-refractivity contribution in [3.05, 3.63) is 47.6 Å². The SMILES string of the molecule is Cc1oc(-c2cccs2)nc1CN1CCN(c2cnccn2)CC1. The first-order valence-electron chi connectivity index (χ1n) is 8.03. The van der Waals surface area contributed by atoms with Crippen LogP contribution in [0.1, 0.15) is 11.5 Å². The molecule has 3 aromatic heterocycles. The Morgan fingerprint density at radius 1 is 1.21 bits per heavy atom. The molecule has 0 spiro atoms. The number of aromatic nitrogens is 3. The lowest BCUT2D eigenvalue weighted by Gasteiger charge is -2.34. The molecule has 0 amide bonds. The summed E-state index contributed by atoms with van der Waals surface area (Å²) in [7, 11) is 0. The van der Waals surface area contributed by atoms with Gasteiger partial charge < -0.3 is 9.32 Å². The lowest BCUT2D eigenvalue weighted by molar-refractivity contribution is 0.245. The zero-order chi connectivity index (χ0) is 16.4. The molecular formula is C17H19N5OS. The highest BCUT2D eigenvalue weighted by Gasteiger charge is 2.21. The zero-order valence-electron chi connectivity index (χ0n) is 13.6. The van der Waals surface area contributed by atoms with Crippen molar-refractivity contribution in [1.29, 1.82) is 0 Å². The van der Waals surface area contributed by atoms with Crippen LogP contribution < -0.4 is 4.90 Å². The van der Waals surface area contributed by atoms with Gasteiger partial charge in [-0.25, -0.2) is 9.97 Å². The van der Waals surface area contributed by atoms with E-state index in [4.69, 9.17) is 4.42 Å². The van der Waals surface area contributed by atoms with Crippen molar-refractivity contribution in [1.82, 2.24) is 19.9 Å². The molecule has 24 heavy (non-hydrogen) atoms. The van der Waals surface area contributed by atoms with Crippen LogP contribution in [0.3, 0.4) is 0 Å². The van der Waals surface area contributed by atoms with E-state index in [1.807, 2.05) is 30.6 Å². The van der Waals surface area contributed by atoms with Crippen molar-refractivity contribution in [2.24, 2.45) is 0 Å². The van der Waals surface area contributed by atoms with E-state index in [-0.39, 0.29) is 0 Å². The first kappa shape index (κ1) is 15.3. The fourth-order valence-electron chi connectivity index (χ4n) is 2.88. The highest BCUT2D eigenvalue weighted by atomic mass is 32.1. The predicted octanol–water partition coefficient (Wildman–Crippen LogP) is 2.82. The Hall–Kier alpha value is -2.25. The van der Waals surface area contributed by atoms with Gasteiger partial charge in [-0.15, -0.1) is 11.3 Å². The molecule has 0 bridgehead atoms. The Morgan fingerprint density at radius 3 is 2.79 bits per heavy atom. The molecule has 4 heterocycles. The number of aryl methyl sites for hydroxylation is 1. The fraction of sp³-hybridized carbons (Fsp3) is 0.353. The summed E-state index contributed by atoms with van der Waals surface area (Å²) in [6, 6.07) is 4.06. The zero-order valence-corrected chi connectivity index (χ0v) is 14.4. The number of thiophene rings is 1. The second kappa shape index (κ2) is 6.70.